The number of anilines is 1. The van der Waals surface area contributed by atoms with Crippen LogP contribution in [0.25, 0.3) is 22.0 Å². The number of carbonyl (C=O) groups excluding carboxylic acids is 1. The second-order valence-corrected chi connectivity index (χ2v) is 10.1. The van der Waals surface area contributed by atoms with Gasteiger partial charge in [-0.3, -0.25) is 14.6 Å². The lowest BCUT2D eigenvalue weighted by Crippen LogP contribution is -2.44. The molecule has 0 spiro atoms. The van der Waals surface area contributed by atoms with Crippen LogP contribution in [0.3, 0.4) is 0 Å². The van der Waals surface area contributed by atoms with Gasteiger partial charge in [-0.1, -0.05) is 6.07 Å². The summed E-state index contributed by atoms with van der Waals surface area (Å²) in [6, 6.07) is 13.0. The number of nitrogens with one attached hydrogen (secondary N) is 2. The molecule has 10 heteroatoms. The van der Waals surface area contributed by atoms with Gasteiger partial charge in [-0.2, -0.15) is 13.2 Å². The zero-order valence-corrected chi connectivity index (χ0v) is 22.3. The van der Waals surface area contributed by atoms with Crippen molar-refractivity contribution in [2.75, 3.05) is 38.0 Å². The molecule has 1 fully saturated rings. The van der Waals surface area contributed by atoms with Gasteiger partial charge in [0.15, 0.2) is 0 Å². The van der Waals surface area contributed by atoms with Crippen molar-refractivity contribution in [3.05, 3.63) is 93.5 Å². The van der Waals surface area contributed by atoms with E-state index in [1.165, 1.54) is 0 Å². The van der Waals surface area contributed by atoms with Crippen LogP contribution in [0.15, 0.2) is 65.6 Å². The van der Waals surface area contributed by atoms with E-state index in [9.17, 15) is 22.8 Å². The van der Waals surface area contributed by atoms with Crippen molar-refractivity contribution in [3.63, 3.8) is 0 Å². The molecule has 0 aliphatic carbocycles. The molecule has 1 aliphatic rings. The van der Waals surface area contributed by atoms with Crippen molar-refractivity contribution < 1.29 is 18.0 Å². The lowest BCUT2D eigenvalue weighted by atomic mass is 9.99. The number of nitrogens with zero attached hydrogens (tertiary/aromatic N) is 3. The summed E-state index contributed by atoms with van der Waals surface area (Å²) >= 11 is 0. The van der Waals surface area contributed by atoms with Gasteiger partial charge in [-0.05, 0) is 66.6 Å². The van der Waals surface area contributed by atoms with Crippen molar-refractivity contribution in [1.82, 2.24) is 19.8 Å². The van der Waals surface area contributed by atoms with Gasteiger partial charge in [-0.25, -0.2) is 0 Å². The first kappa shape index (κ1) is 27.5. The zero-order valence-electron chi connectivity index (χ0n) is 22.3. The number of hydrogen-bond donors (Lipinski definition) is 2. The minimum atomic E-state index is -4.48. The van der Waals surface area contributed by atoms with E-state index in [2.05, 4.69) is 20.5 Å². The highest BCUT2D eigenvalue weighted by Gasteiger charge is 2.30. The third-order valence-corrected chi connectivity index (χ3v) is 7.32. The number of alkyl halides is 3. The largest absolute Gasteiger partial charge is 0.416 e. The summed E-state index contributed by atoms with van der Waals surface area (Å²) in [7, 11) is 1.74. The Labute approximate surface area is 229 Å². The molecule has 4 aromatic rings. The Morgan fingerprint density at radius 1 is 1.02 bits per heavy atom. The summed E-state index contributed by atoms with van der Waals surface area (Å²) in [6.45, 7) is 6.79. The van der Waals surface area contributed by atoms with Crippen LogP contribution in [0.5, 0.6) is 0 Å². The Bertz CT molecular complexity index is 1610. The van der Waals surface area contributed by atoms with Crippen molar-refractivity contribution >= 4 is 22.5 Å². The maximum Gasteiger partial charge on any atom is 0.416 e. The number of benzene rings is 2. The third-order valence-electron chi connectivity index (χ3n) is 7.32. The van der Waals surface area contributed by atoms with Crippen molar-refractivity contribution in [1.29, 1.82) is 0 Å². The molecule has 0 unspecified atom stereocenters. The predicted octanol–water partition coefficient (Wildman–Crippen LogP) is 4.63. The first-order valence-electron chi connectivity index (χ1n) is 13.1. The highest BCUT2D eigenvalue weighted by molar-refractivity contribution is 6.04. The smallest absolute Gasteiger partial charge is 0.322 e. The summed E-state index contributed by atoms with van der Waals surface area (Å²) in [5.41, 5.74) is 3.19. The fourth-order valence-corrected chi connectivity index (χ4v) is 4.95. The zero-order chi connectivity index (χ0) is 28.4. The van der Waals surface area contributed by atoms with Gasteiger partial charge < -0.3 is 20.1 Å². The topological polar surface area (TPSA) is 79.3 Å². The molecule has 0 radical (unpaired) electrons. The van der Waals surface area contributed by atoms with Crippen LogP contribution in [0.2, 0.25) is 0 Å². The van der Waals surface area contributed by atoms with Gasteiger partial charge in [0, 0.05) is 80.3 Å². The van der Waals surface area contributed by atoms with E-state index < -0.39 is 17.6 Å². The summed E-state index contributed by atoms with van der Waals surface area (Å²) in [5, 5.41) is 6.89. The molecule has 2 aromatic heterocycles. The number of halogens is 3. The van der Waals surface area contributed by atoms with Gasteiger partial charge in [0.05, 0.1) is 11.1 Å². The Morgan fingerprint density at radius 3 is 2.45 bits per heavy atom. The molecule has 0 bridgehead atoms. The van der Waals surface area contributed by atoms with E-state index in [0.29, 0.717) is 16.8 Å². The Kier molecular flexibility index (Phi) is 7.73. The third kappa shape index (κ3) is 5.93. The molecular formula is C30H30F3N5O2. The average molecular weight is 550 g/mol. The Morgan fingerprint density at radius 2 is 1.75 bits per heavy atom. The van der Waals surface area contributed by atoms with E-state index in [-0.39, 0.29) is 11.1 Å². The quantitative estimate of drug-likeness (QED) is 0.367. The van der Waals surface area contributed by atoms with Crippen molar-refractivity contribution in [3.8, 4) is 11.1 Å². The molecule has 7 nitrogen and oxygen atoms in total. The highest BCUT2D eigenvalue weighted by Crippen LogP contribution is 2.30. The monoisotopic (exact) mass is 549 g/mol. The fraction of sp³-hybridized carbons (Fsp3) is 0.300. The molecule has 1 aliphatic heterocycles. The predicted molar refractivity (Wildman–Crippen MR) is 150 cm³/mol. The first-order valence-corrected chi connectivity index (χ1v) is 13.1. The van der Waals surface area contributed by atoms with E-state index in [1.807, 2.05) is 19.1 Å². The molecule has 0 saturated carbocycles. The minimum Gasteiger partial charge on any atom is -0.322 e. The number of pyridine rings is 2. The number of piperazine rings is 1. The van der Waals surface area contributed by atoms with Crippen molar-refractivity contribution in [2.24, 2.45) is 7.05 Å². The Hall–Kier alpha value is -4.02. The lowest BCUT2D eigenvalue weighted by molar-refractivity contribution is -0.137. The molecule has 1 amide bonds. The minimum absolute atomic E-state index is 0.0931. The number of carbonyl (C=O) groups is 1. The van der Waals surface area contributed by atoms with Gasteiger partial charge in [-0.15, -0.1) is 0 Å². The standard InChI is InChI=1S/C30H30F3N5O2/c1-19-3-8-24(36-28(39)20-4-6-22(7-5-20)30(31,32)33)16-25(19)26-15-21-18-35-23(17-27(21)37(2)29(26)40)9-12-38-13-10-34-11-14-38/h3-8,15-18,34H,9-14H2,1-2H3,(H,36,39). The van der Waals surface area contributed by atoms with Gasteiger partial charge in [0.1, 0.15) is 0 Å². The summed E-state index contributed by atoms with van der Waals surface area (Å²) in [5.74, 6) is -0.549. The molecule has 5 rings (SSSR count). The number of aromatic nitrogens is 2. The average Bonchev–Trinajstić information content (AvgIpc) is 2.95. The van der Waals surface area contributed by atoms with Gasteiger partial charge in [0.2, 0.25) is 0 Å². The molecule has 1 saturated heterocycles. The molecule has 3 heterocycles. The molecule has 2 N–H and O–H groups in total. The second kappa shape index (κ2) is 11.2. The van der Waals surface area contributed by atoms with Crippen LogP contribution in [0, 0.1) is 6.92 Å². The Balaban J connectivity index is 1.39. The van der Waals surface area contributed by atoms with Gasteiger partial charge >= 0.3 is 6.18 Å². The summed E-state index contributed by atoms with van der Waals surface area (Å²) in [6.07, 6.45) is -1.89. The molecule has 2 aromatic carbocycles. The summed E-state index contributed by atoms with van der Waals surface area (Å²) in [4.78, 5) is 33.2. The van der Waals surface area contributed by atoms with E-state index in [4.69, 9.17) is 0 Å². The van der Waals surface area contributed by atoms with Crippen LogP contribution in [-0.4, -0.2) is 53.1 Å². The fourth-order valence-electron chi connectivity index (χ4n) is 4.95. The second-order valence-electron chi connectivity index (χ2n) is 10.1. The van der Waals surface area contributed by atoms with Crippen LogP contribution >= 0.6 is 0 Å². The molecule has 0 atom stereocenters. The van der Waals surface area contributed by atoms with Crippen LogP contribution in [-0.2, 0) is 19.6 Å². The van der Waals surface area contributed by atoms with E-state index in [0.717, 1.165) is 85.6 Å². The number of aryl methyl sites for hydroxylation is 2. The number of rotatable bonds is 6. The van der Waals surface area contributed by atoms with Crippen molar-refractivity contribution in [2.45, 2.75) is 19.5 Å². The highest BCUT2D eigenvalue weighted by atomic mass is 19.4. The molecular weight excluding hydrogens is 519 g/mol. The molecule has 208 valence electrons. The van der Waals surface area contributed by atoms with E-state index in [1.54, 1.807) is 36.0 Å². The SMILES string of the molecule is Cc1ccc(NC(=O)c2ccc(C(F)(F)F)cc2)cc1-c1cc2cnc(CCN3CCNCC3)cc2n(C)c1=O. The molecule has 40 heavy (non-hydrogen) atoms. The normalized spacial score (nSPS) is 14.4. The lowest BCUT2D eigenvalue weighted by Gasteiger charge is -2.26. The van der Waals surface area contributed by atoms with Crippen LogP contribution in [0.1, 0.15) is 27.2 Å². The number of amides is 1. The van der Waals surface area contributed by atoms with Crippen LogP contribution < -0.4 is 16.2 Å². The van der Waals surface area contributed by atoms with Gasteiger partial charge in [0.25, 0.3) is 11.5 Å². The maximum atomic E-state index is 13.5. The number of hydrogen-bond acceptors (Lipinski definition) is 5. The first-order chi connectivity index (χ1) is 19.1. The number of fused-ring (bicyclic) bond motifs is 1. The maximum absolute atomic E-state index is 13.5. The summed E-state index contributed by atoms with van der Waals surface area (Å²) < 4.78 is 40.2. The van der Waals surface area contributed by atoms with Crippen LogP contribution in [0.4, 0.5) is 18.9 Å². The van der Waals surface area contributed by atoms with E-state index >= 15 is 0 Å².